The zero-order chi connectivity index (χ0) is 20.8. The van der Waals surface area contributed by atoms with Gasteiger partial charge in [-0.2, -0.15) is 0 Å². The van der Waals surface area contributed by atoms with Crippen LogP contribution in [0.15, 0.2) is 78.9 Å². The van der Waals surface area contributed by atoms with E-state index in [1.807, 2.05) is 60.7 Å². The molecule has 0 fully saturated rings. The number of hydrogen-bond acceptors (Lipinski definition) is 5. The minimum absolute atomic E-state index is 0.139. The van der Waals surface area contributed by atoms with Crippen molar-refractivity contribution in [3.05, 3.63) is 116 Å². The van der Waals surface area contributed by atoms with Crippen LogP contribution in [0.5, 0.6) is 0 Å². The lowest BCUT2D eigenvalue weighted by Crippen LogP contribution is -2.30. The lowest BCUT2D eigenvalue weighted by Gasteiger charge is -2.19. The monoisotopic (exact) mass is 391 g/mol. The van der Waals surface area contributed by atoms with Crippen LogP contribution >= 0.6 is 0 Å². The Balaban J connectivity index is 1.92. The Morgan fingerprint density at radius 2 is 1.34 bits per heavy atom. The molecule has 8 heteroatoms. The largest absolute Gasteiger partial charge is 0.345 e. The third-order valence-corrected chi connectivity index (χ3v) is 4.38. The Morgan fingerprint density at radius 1 is 0.828 bits per heavy atom. The van der Waals surface area contributed by atoms with E-state index in [-0.39, 0.29) is 5.56 Å². The molecule has 0 saturated carbocycles. The van der Waals surface area contributed by atoms with Crippen molar-refractivity contribution in [2.45, 2.75) is 12.5 Å². The number of non-ortho nitro benzene ring substituents is 2. The standard InChI is InChI=1S/C21H17N3O5/c25-21(17-12-18(23(26)27)14-19(13-17)24(28)29)22-20(16-9-5-2-6-10-16)11-15-7-3-1-4-8-15/h1-10,12-14,20H,11H2,(H,22,25)/t20-/m1/s1. The zero-order valence-corrected chi connectivity index (χ0v) is 15.2. The SMILES string of the molecule is O=C(N[C@H](Cc1ccccc1)c1ccccc1)c1cc([N+](=O)[O-])cc([N+](=O)[O-])c1. The topological polar surface area (TPSA) is 115 Å². The summed E-state index contributed by atoms with van der Waals surface area (Å²) in [7, 11) is 0. The van der Waals surface area contributed by atoms with Gasteiger partial charge in [0.05, 0.1) is 27.5 Å². The molecule has 0 spiro atoms. The Kier molecular flexibility index (Phi) is 5.94. The first-order valence-electron chi connectivity index (χ1n) is 8.77. The van der Waals surface area contributed by atoms with Crippen LogP contribution in [0.2, 0.25) is 0 Å². The van der Waals surface area contributed by atoms with E-state index in [1.165, 1.54) is 0 Å². The number of carbonyl (C=O) groups is 1. The number of rotatable bonds is 7. The van der Waals surface area contributed by atoms with Crippen molar-refractivity contribution in [1.82, 2.24) is 5.32 Å². The summed E-state index contributed by atoms with van der Waals surface area (Å²) in [6.45, 7) is 0. The van der Waals surface area contributed by atoms with Crippen molar-refractivity contribution in [3.8, 4) is 0 Å². The quantitative estimate of drug-likeness (QED) is 0.478. The van der Waals surface area contributed by atoms with Gasteiger partial charge in [0.1, 0.15) is 0 Å². The van der Waals surface area contributed by atoms with Gasteiger partial charge in [0.2, 0.25) is 0 Å². The van der Waals surface area contributed by atoms with Gasteiger partial charge in [-0.05, 0) is 17.5 Å². The lowest BCUT2D eigenvalue weighted by molar-refractivity contribution is -0.394. The Labute approximate surface area is 166 Å². The molecule has 0 heterocycles. The van der Waals surface area contributed by atoms with Gasteiger partial charge in [0.15, 0.2) is 0 Å². The first-order chi connectivity index (χ1) is 13.9. The number of nitro benzene ring substituents is 2. The minimum Gasteiger partial charge on any atom is -0.345 e. The van der Waals surface area contributed by atoms with Gasteiger partial charge in [-0.3, -0.25) is 25.0 Å². The van der Waals surface area contributed by atoms with Crippen molar-refractivity contribution >= 4 is 17.3 Å². The summed E-state index contributed by atoms with van der Waals surface area (Å²) in [5, 5.41) is 25.0. The molecule has 0 bridgehead atoms. The minimum atomic E-state index is -0.761. The molecular formula is C21H17N3O5. The summed E-state index contributed by atoms with van der Waals surface area (Å²) >= 11 is 0. The summed E-state index contributed by atoms with van der Waals surface area (Å²) in [5.41, 5.74) is 0.684. The molecule has 3 rings (SSSR count). The molecule has 3 aromatic carbocycles. The van der Waals surface area contributed by atoms with Gasteiger partial charge in [-0.1, -0.05) is 60.7 Å². The maximum absolute atomic E-state index is 12.8. The first kappa shape index (κ1) is 19.7. The normalized spacial score (nSPS) is 11.4. The van der Waals surface area contributed by atoms with Crippen molar-refractivity contribution in [2.75, 3.05) is 0 Å². The zero-order valence-electron chi connectivity index (χ0n) is 15.2. The molecular weight excluding hydrogens is 374 g/mol. The second kappa shape index (κ2) is 8.75. The number of nitrogens with zero attached hydrogens (tertiary/aromatic N) is 2. The average Bonchev–Trinajstić information content (AvgIpc) is 2.74. The fraction of sp³-hybridized carbons (Fsp3) is 0.0952. The molecule has 1 N–H and O–H groups in total. The number of carbonyl (C=O) groups excluding carboxylic acids is 1. The van der Waals surface area contributed by atoms with E-state index in [9.17, 15) is 25.0 Å². The molecule has 3 aromatic rings. The van der Waals surface area contributed by atoms with Crippen LogP contribution in [-0.4, -0.2) is 15.8 Å². The highest BCUT2D eigenvalue weighted by Crippen LogP contribution is 2.24. The van der Waals surface area contributed by atoms with Crippen LogP contribution in [0, 0.1) is 20.2 Å². The number of nitrogens with one attached hydrogen (secondary N) is 1. The molecule has 0 aliphatic carbocycles. The van der Waals surface area contributed by atoms with Crippen LogP contribution in [-0.2, 0) is 6.42 Å². The average molecular weight is 391 g/mol. The predicted molar refractivity (Wildman–Crippen MR) is 107 cm³/mol. The van der Waals surface area contributed by atoms with Crippen LogP contribution in [0.3, 0.4) is 0 Å². The summed E-state index contributed by atoms with van der Waals surface area (Å²) in [5.74, 6) is -0.624. The highest BCUT2D eigenvalue weighted by Gasteiger charge is 2.22. The van der Waals surface area contributed by atoms with Crippen LogP contribution < -0.4 is 5.32 Å². The number of nitro groups is 2. The van der Waals surface area contributed by atoms with Crippen molar-refractivity contribution in [3.63, 3.8) is 0 Å². The fourth-order valence-corrected chi connectivity index (χ4v) is 2.97. The maximum atomic E-state index is 12.8. The van der Waals surface area contributed by atoms with E-state index in [0.717, 1.165) is 29.3 Å². The Morgan fingerprint density at radius 3 is 1.86 bits per heavy atom. The second-order valence-electron chi connectivity index (χ2n) is 6.38. The third-order valence-electron chi connectivity index (χ3n) is 4.38. The van der Waals surface area contributed by atoms with Gasteiger partial charge < -0.3 is 5.32 Å². The van der Waals surface area contributed by atoms with E-state index in [4.69, 9.17) is 0 Å². The smallest absolute Gasteiger partial charge is 0.277 e. The Hall–Kier alpha value is -4.07. The van der Waals surface area contributed by atoms with Crippen molar-refractivity contribution < 1.29 is 14.6 Å². The summed E-state index contributed by atoms with van der Waals surface area (Å²) < 4.78 is 0. The van der Waals surface area contributed by atoms with E-state index in [0.29, 0.717) is 6.42 Å². The number of benzene rings is 3. The summed E-state index contributed by atoms with van der Waals surface area (Å²) in [6, 6.07) is 21.3. The molecule has 0 radical (unpaired) electrons. The Bertz CT molecular complexity index is 1010. The third kappa shape index (κ3) is 5.01. The molecule has 0 aliphatic rings. The van der Waals surface area contributed by atoms with Crippen LogP contribution in [0.1, 0.15) is 27.5 Å². The maximum Gasteiger partial charge on any atom is 0.277 e. The highest BCUT2D eigenvalue weighted by atomic mass is 16.6. The van der Waals surface area contributed by atoms with Crippen LogP contribution in [0.4, 0.5) is 11.4 Å². The molecule has 0 saturated heterocycles. The number of amides is 1. The summed E-state index contributed by atoms with van der Waals surface area (Å²) in [4.78, 5) is 33.5. The molecule has 0 aromatic heterocycles. The second-order valence-corrected chi connectivity index (χ2v) is 6.38. The van der Waals surface area contributed by atoms with Gasteiger partial charge in [-0.15, -0.1) is 0 Å². The van der Waals surface area contributed by atoms with Gasteiger partial charge >= 0.3 is 0 Å². The highest BCUT2D eigenvalue weighted by molar-refractivity contribution is 5.95. The molecule has 0 aliphatic heterocycles. The lowest BCUT2D eigenvalue weighted by atomic mass is 9.98. The van der Waals surface area contributed by atoms with E-state index < -0.39 is 33.2 Å². The molecule has 0 unspecified atom stereocenters. The van der Waals surface area contributed by atoms with E-state index >= 15 is 0 Å². The van der Waals surface area contributed by atoms with Crippen LogP contribution in [0.25, 0.3) is 0 Å². The van der Waals surface area contributed by atoms with E-state index in [2.05, 4.69) is 5.32 Å². The molecule has 8 nitrogen and oxygen atoms in total. The predicted octanol–water partition coefficient (Wildman–Crippen LogP) is 4.22. The molecule has 1 amide bonds. The van der Waals surface area contributed by atoms with Gasteiger partial charge in [-0.25, -0.2) is 0 Å². The summed E-state index contributed by atoms with van der Waals surface area (Å²) in [6.07, 6.45) is 0.494. The van der Waals surface area contributed by atoms with Crippen molar-refractivity contribution in [2.24, 2.45) is 0 Å². The van der Waals surface area contributed by atoms with Gasteiger partial charge in [0.25, 0.3) is 17.3 Å². The fourth-order valence-electron chi connectivity index (χ4n) is 2.97. The first-order valence-corrected chi connectivity index (χ1v) is 8.77. The molecule has 146 valence electrons. The molecule has 29 heavy (non-hydrogen) atoms. The van der Waals surface area contributed by atoms with Crippen molar-refractivity contribution in [1.29, 1.82) is 0 Å². The van der Waals surface area contributed by atoms with Gasteiger partial charge in [0, 0.05) is 12.1 Å². The number of hydrogen-bond donors (Lipinski definition) is 1. The van der Waals surface area contributed by atoms with E-state index in [1.54, 1.807) is 0 Å². The molecule has 1 atom stereocenters.